The summed E-state index contributed by atoms with van der Waals surface area (Å²) in [7, 11) is -3.49. The number of para-hydroxylation sites is 1. The van der Waals surface area contributed by atoms with E-state index in [1.807, 2.05) is 0 Å². The van der Waals surface area contributed by atoms with Gasteiger partial charge < -0.3 is 20.7 Å². The van der Waals surface area contributed by atoms with Crippen LogP contribution in [0.25, 0.3) is 0 Å². The van der Waals surface area contributed by atoms with Crippen molar-refractivity contribution in [3.63, 3.8) is 0 Å². The van der Waals surface area contributed by atoms with E-state index in [-0.39, 0.29) is 17.4 Å². The van der Waals surface area contributed by atoms with E-state index in [0.717, 1.165) is 0 Å². The molecule has 1 aliphatic heterocycles. The van der Waals surface area contributed by atoms with E-state index in [0.29, 0.717) is 39.1 Å². The van der Waals surface area contributed by atoms with E-state index in [4.69, 9.17) is 4.74 Å². The number of aromatic nitrogens is 2. The molecule has 0 fully saturated rings. The maximum Gasteiger partial charge on any atom is 0.262 e. The van der Waals surface area contributed by atoms with Gasteiger partial charge in [-0.1, -0.05) is 12.1 Å². The Morgan fingerprint density at radius 1 is 1.16 bits per heavy atom. The highest BCUT2D eigenvalue weighted by Gasteiger charge is 2.23. The second kappa shape index (κ2) is 8.75. The van der Waals surface area contributed by atoms with Crippen LogP contribution in [0.4, 0.5) is 28.8 Å². The molecule has 0 bridgehead atoms. The lowest BCUT2D eigenvalue weighted by Crippen LogP contribution is -2.25. The summed E-state index contributed by atoms with van der Waals surface area (Å²) in [5.41, 5.74) is 1.68. The predicted molar refractivity (Wildman–Crippen MR) is 126 cm³/mol. The fourth-order valence-electron chi connectivity index (χ4n) is 3.00. The number of amides is 1. The van der Waals surface area contributed by atoms with E-state index in [9.17, 15) is 13.2 Å². The molecule has 0 aliphatic carbocycles. The lowest BCUT2D eigenvalue weighted by atomic mass is 10.2. The fourth-order valence-corrected chi connectivity index (χ4v) is 4.49. The zero-order valence-corrected chi connectivity index (χ0v) is 19.6. The molecule has 2 aromatic carbocycles. The summed E-state index contributed by atoms with van der Waals surface area (Å²) in [5.74, 6) is 1.03. The second-order valence-electron chi connectivity index (χ2n) is 7.28. The number of nitrogens with zero attached hydrogens (tertiary/aromatic N) is 2. The van der Waals surface area contributed by atoms with Crippen molar-refractivity contribution < 1.29 is 17.9 Å². The summed E-state index contributed by atoms with van der Waals surface area (Å²) in [6.07, 6.45) is 1.56. The molecular weight excluding hydrogens is 498 g/mol. The molecule has 2 heterocycles. The van der Waals surface area contributed by atoms with Crippen LogP contribution in [-0.2, 0) is 14.6 Å². The van der Waals surface area contributed by atoms with E-state index in [2.05, 4.69) is 41.8 Å². The van der Waals surface area contributed by atoms with Crippen LogP contribution < -0.4 is 20.7 Å². The zero-order valence-electron chi connectivity index (χ0n) is 17.2. The summed E-state index contributed by atoms with van der Waals surface area (Å²) >= 11 is 3.41. The van der Waals surface area contributed by atoms with Crippen LogP contribution in [-0.4, -0.2) is 36.1 Å². The molecule has 0 spiro atoms. The number of hydrogen-bond donors (Lipinski definition) is 3. The largest absolute Gasteiger partial charge is 0.482 e. The topological polar surface area (TPSA) is 122 Å². The highest BCUT2D eigenvalue weighted by Crippen LogP contribution is 2.33. The van der Waals surface area contributed by atoms with Crippen molar-refractivity contribution in [1.29, 1.82) is 0 Å². The molecular formula is C21H20BrN5O4S. The Labute approximate surface area is 193 Å². The van der Waals surface area contributed by atoms with Gasteiger partial charge >= 0.3 is 0 Å². The van der Waals surface area contributed by atoms with E-state index < -0.39 is 15.1 Å². The number of halogens is 1. The number of rotatable bonds is 6. The lowest BCUT2D eigenvalue weighted by molar-refractivity contribution is -0.118. The molecule has 32 heavy (non-hydrogen) atoms. The third-order valence-electron chi connectivity index (χ3n) is 4.68. The summed E-state index contributed by atoms with van der Waals surface area (Å²) < 4.78 is 31.5. The molecule has 1 aliphatic rings. The average Bonchev–Trinajstić information content (AvgIpc) is 2.76. The van der Waals surface area contributed by atoms with Gasteiger partial charge in [-0.05, 0) is 54.0 Å². The average molecular weight is 518 g/mol. The van der Waals surface area contributed by atoms with Crippen molar-refractivity contribution in [1.82, 2.24) is 9.97 Å². The van der Waals surface area contributed by atoms with Gasteiger partial charge in [0.2, 0.25) is 5.95 Å². The van der Waals surface area contributed by atoms with Crippen molar-refractivity contribution >= 4 is 60.5 Å². The smallest absolute Gasteiger partial charge is 0.262 e. The van der Waals surface area contributed by atoms with Crippen molar-refractivity contribution in [2.24, 2.45) is 0 Å². The molecule has 0 atom stereocenters. The molecule has 3 N–H and O–H groups in total. The molecule has 0 saturated carbocycles. The number of carbonyl (C=O) groups excluding carboxylic acids is 1. The van der Waals surface area contributed by atoms with Crippen LogP contribution in [0.2, 0.25) is 0 Å². The third-order valence-corrected chi connectivity index (χ3v) is 7.47. The molecule has 0 radical (unpaired) electrons. The fraction of sp³-hybridized carbons (Fsp3) is 0.190. The minimum Gasteiger partial charge on any atom is -0.482 e. The predicted octanol–water partition coefficient (Wildman–Crippen LogP) is 4.24. The zero-order chi connectivity index (χ0) is 22.9. The van der Waals surface area contributed by atoms with E-state index >= 15 is 0 Å². The first-order chi connectivity index (χ1) is 15.2. The monoisotopic (exact) mass is 517 g/mol. The van der Waals surface area contributed by atoms with Crippen LogP contribution >= 0.6 is 15.9 Å². The molecule has 1 amide bonds. The van der Waals surface area contributed by atoms with Crippen molar-refractivity contribution in [2.45, 2.75) is 24.0 Å². The highest BCUT2D eigenvalue weighted by molar-refractivity contribution is 9.10. The summed E-state index contributed by atoms with van der Waals surface area (Å²) in [6, 6.07) is 11.9. The SMILES string of the molecule is CC(C)S(=O)(=O)c1ccccc1Nc1nc(Nc2ccc3c(c2)OCC(=O)N3)ncc1Br. The maximum atomic E-state index is 12.7. The van der Waals surface area contributed by atoms with Gasteiger partial charge in [-0.25, -0.2) is 13.4 Å². The first kappa shape index (κ1) is 22.0. The van der Waals surface area contributed by atoms with Gasteiger partial charge in [-0.15, -0.1) is 0 Å². The van der Waals surface area contributed by atoms with Crippen LogP contribution in [0, 0.1) is 0 Å². The molecule has 4 rings (SSSR count). The third kappa shape index (κ3) is 4.53. The standard InChI is InChI=1S/C21H20BrN5O4S/c1-12(2)32(29,30)18-6-4-3-5-16(18)26-20-14(22)10-23-21(27-20)24-13-7-8-15-17(9-13)31-11-19(28)25-15/h3-10,12H,11H2,1-2H3,(H,25,28)(H2,23,24,26,27). The van der Waals surface area contributed by atoms with E-state index in [1.54, 1.807) is 62.5 Å². The Morgan fingerprint density at radius 3 is 2.72 bits per heavy atom. The molecule has 0 saturated heterocycles. The highest BCUT2D eigenvalue weighted by atomic mass is 79.9. The van der Waals surface area contributed by atoms with Gasteiger partial charge in [0.25, 0.3) is 5.91 Å². The summed E-state index contributed by atoms with van der Waals surface area (Å²) in [5, 5.41) is 8.35. The second-order valence-corrected chi connectivity index (χ2v) is 10.6. The van der Waals surface area contributed by atoms with Gasteiger partial charge in [0.1, 0.15) is 11.6 Å². The first-order valence-electron chi connectivity index (χ1n) is 9.70. The number of nitrogens with one attached hydrogen (secondary N) is 3. The molecule has 1 aromatic heterocycles. The van der Waals surface area contributed by atoms with Crippen LogP contribution in [0.5, 0.6) is 5.75 Å². The maximum absolute atomic E-state index is 12.7. The van der Waals surface area contributed by atoms with Gasteiger partial charge in [0.15, 0.2) is 16.4 Å². The minimum atomic E-state index is -3.49. The van der Waals surface area contributed by atoms with Gasteiger partial charge in [-0.2, -0.15) is 4.98 Å². The minimum absolute atomic E-state index is 0.0437. The van der Waals surface area contributed by atoms with Crippen molar-refractivity contribution in [2.75, 3.05) is 22.6 Å². The number of benzene rings is 2. The molecule has 9 nitrogen and oxygen atoms in total. The normalized spacial score (nSPS) is 13.2. The van der Waals surface area contributed by atoms with Gasteiger partial charge in [-0.3, -0.25) is 4.79 Å². The molecule has 166 valence electrons. The number of fused-ring (bicyclic) bond motifs is 1. The van der Waals surface area contributed by atoms with Crippen LogP contribution in [0.1, 0.15) is 13.8 Å². The van der Waals surface area contributed by atoms with Crippen molar-refractivity contribution in [3.05, 3.63) is 53.1 Å². The van der Waals surface area contributed by atoms with Gasteiger partial charge in [0.05, 0.1) is 26.0 Å². The Balaban J connectivity index is 1.61. The number of anilines is 5. The molecule has 11 heteroatoms. The summed E-state index contributed by atoms with van der Waals surface area (Å²) in [4.78, 5) is 20.4. The van der Waals surface area contributed by atoms with Crippen LogP contribution in [0.3, 0.4) is 0 Å². The number of sulfone groups is 1. The first-order valence-corrected chi connectivity index (χ1v) is 12.0. The Hall–Kier alpha value is -3.18. The molecule has 0 unspecified atom stereocenters. The molecule has 3 aromatic rings. The van der Waals surface area contributed by atoms with Crippen molar-refractivity contribution in [3.8, 4) is 5.75 Å². The van der Waals surface area contributed by atoms with Gasteiger partial charge in [0, 0.05) is 18.0 Å². The summed E-state index contributed by atoms with van der Waals surface area (Å²) in [6.45, 7) is 3.24. The van der Waals surface area contributed by atoms with Crippen LogP contribution in [0.15, 0.2) is 58.0 Å². The number of ether oxygens (including phenoxy) is 1. The number of carbonyl (C=O) groups is 1. The van der Waals surface area contributed by atoms with E-state index in [1.165, 1.54) is 0 Å². The number of hydrogen-bond acceptors (Lipinski definition) is 8. The Kier molecular flexibility index (Phi) is 6.02. The quantitative estimate of drug-likeness (QED) is 0.443. The Morgan fingerprint density at radius 2 is 1.94 bits per heavy atom. The Bertz CT molecular complexity index is 1300. The lowest BCUT2D eigenvalue weighted by Gasteiger charge is -2.19.